The number of aliphatic hydroxyl groups excluding tert-OH is 2. The van der Waals surface area contributed by atoms with Crippen molar-refractivity contribution < 1.29 is 33.3 Å². The van der Waals surface area contributed by atoms with Crippen LogP contribution in [0.1, 0.15) is 33.3 Å². The first kappa shape index (κ1) is 24.6. The molecule has 0 aliphatic rings. The maximum atomic E-state index is 13.9. The molecule has 1 aromatic heterocycles. The molecule has 0 radical (unpaired) electrons. The van der Waals surface area contributed by atoms with Gasteiger partial charge in [-0.3, -0.25) is 9.36 Å². The molecule has 7 nitrogen and oxygen atoms in total. The Morgan fingerprint density at radius 2 is 1.91 bits per heavy atom. The third-order valence-electron chi connectivity index (χ3n) is 4.92. The predicted octanol–water partition coefficient (Wildman–Crippen LogP) is 3.58. The third kappa shape index (κ3) is 5.13. The summed E-state index contributed by atoms with van der Waals surface area (Å²) < 4.78 is 38.7. The summed E-state index contributed by atoms with van der Waals surface area (Å²) in [5, 5.41) is 19.1. The number of carbonyl (C=O) groups excluding carboxylic acids is 1. The molecule has 0 saturated carbocycles. The van der Waals surface area contributed by atoms with Gasteiger partial charge in [0.25, 0.3) is 5.56 Å². The van der Waals surface area contributed by atoms with Crippen LogP contribution in [0.3, 0.4) is 0 Å². The molecule has 10 heteroatoms. The fourth-order valence-corrected chi connectivity index (χ4v) is 3.62. The van der Waals surface area contributed by atoms with E-state index in [4.69, 9.17) is 9.47 Å². The van der Waals surface area contributed by atoms with Gasteiger partial charge in [-0.1, -0.05) is 6.07 Å². The van der Waals surface area contributed by atoms with Crippen LogP contribution in [0, 0.1) is 18.6 Å². The highest BCUT2D eigenvalue weighted by molar-refractivity contribution is 9.10. The number of halogens is 3. The minimum atomic E-state index is -1.21. The largest absolute Gasteiger partial charge is 0.487 e. The Morgan fingerprint density at radius 3 is 2.55 bits per heavy atom. The number of esters is 1. The van der Waals surface area contributed by atoms with Crippen LogP contribution in [0.5, 0.6) is 5.75 Å². The van der Waals surface area contributed by atoms with Gasteiger partial charge in [0, 0.05) is 23.4 Å². The summed E-state index contributed by atoms with van der Waals surface area (Å²) in [6.07, 6.45) is -1.21. The Balaban J connectivity index is 2.04. The number of benzene rings is 2. The van der Waals surface area contributed by atoms with Crippen molar-refractivity contribution in [2.24, 2.45) is 0 Å². The lowest BCUT2D eigenvalue weighted by molar-refractivity contribution is 0.0599. The highest BCUT2D eigenvalue weighted by atomic mass is 79.9. The second-order valence-electron chi connectivity index (χ2n) is 7.10. The van der Waals surface area contributed by atoms with E-state index in [-0.39, 0.29) is 39.2 Å². The normalized spacial score (nSPS) is 11.8. The van der Waals surface area contributed by atoms with Crippen LogP contribution in [0.2, 0.25) is 0 Å². The third-order valence-corrected chi connectivity index (χ3v) is 5.65. The minimum Gasteiger partial charge on any atom is -0.487 e. The summed E-state index contributed by atoms with van der Waals surface area (Å²) in [5.74, 6) is -2.10. The average molecular weight is 524 g/mol. The Morgan fingerprint density at radius 1 is 1.18 bits per heavy atom. The zero-order valence-corrected chi connectivity index (χ0v) is 19.2. The lowest BCUT2D eigenvalue weighted by atomic mass is 10.0. The molecule has 174 valence electrons. The molecule has 0 aliphatic heterocycles. The number of pyridine rings is 1. The fourth-order valence-electron chi connectivity index (χ4n) is 3.21. The molecular weight excluding hydrogens is 504 g/mol. The van der Waals surface area contributed by atoms with Crippen molar-refractivity contribution in [2.75, 3.05) is 13.7 Å². The summed E-state index contributed by atoms with van der Waals surface area (Å²) >= 11 is 3.19. The smallest absolute Gasteiger partial charge is 0.340 e. The summed E-state index contributed by atoms with van der Waals surface area (Å²) in [5.41, 5.74) is 0.393. The maximum Gasteiger partial charge on any atom is 0.340 e. The van der Waals surface area contributed by atoms with Crippen LogP contribution in [0.4, 0.5) is 8.78 Å². The number of hydrogen-bond donors (Lipinski definition) is 2. The van der Waals surface area contributed by atoms with E-state index < -0.39 is 35.9 Å². The predicted molar refractivity (Wildman–Crippen MR) is 119 cm³/mol. The molecule has 0 amide bonds. The number of aliphatic hydroxyl groups is 2. The molecule has 2 aromatic carbocycles. The summed E-state index contributed by atoms with van der Waals surface area (Å²) in [7, 11) is 1.18. The topological polar surface area (TPSA) is 98.0 Å². The molecule has 0 spiro atoms. The SMILES string of the molecule is COC(=O)c1cc(C(O)CO)ccc1-n1c(C)cc(OCc2ccc(F)cc2F)c(Br)c1=O. The van der Waals surface area contributed by atoms with Gasteiger partial charge in [-0.05, 0) is 52.7 Å². The van der Waals surface area contributed by atoms with Crippen LogP contribution in [0.25, 0.3) is 5.69 Å². The first-order valence-electron chi connectivity index (χ1n) is 9.68. The van der Waals surface area contributed by atoms with E-state index in [1.165, 1.54) is 42.0 Å². The van der Waals surface area contributed by atoms with Crippen LogP contribution in [-0.4, -0.2) is 34.5 Å². The van der Waals surface area contributed by atoms with Crippen molar-refractivity contribution in [2.45, 2.75) is 19.6 Å². The molecule has 0 fully saturated rings. The van der Waals surface area contributed by atoms with Gasteiger partial charge in [-0.2, -0.15) is 0 Å². The molecule has 1 atom stereocenters. The van der Waals surface area contributed by atoms with Gasteiger partial charge >= 0.3 is 5.97 Å². The molecule has 1 unspecified atom stereocenters. The van der Waals surface area contributed by atoms with Crippen LogP contribution >= 0.6 is 15.9 Å². The first-order chi connectivity index (χ1) is 15.7. The highest BCUT2D eigenvalue weighted by Gasteiger charge is 2.21. The number of ether oxygens (including phenoxy) is 2. The maximum absolute atomic E-state index is 13.9. The number of methoxy groups -OCH3 is 1. The molecule has 1 heterocycles. The van der Waals surface area contributed by atoms with Gasteiger partial charge in [0.1, 0.15) is 34.6 Å². The molecule has 33 heavy (non-hydrogen) atoms. The molecule has 0 bridgehead atoms. The quantitative estimate of drug-likeness (QED) is 0.459. The number of aromatic nitrogens is 1. The molecule has 0 saturated heterocycles. The number of aryl methyl sites for hydroxylation is 1. The Hall–Kier alpha value is -3.08. The lowest BCUT2D eigenvalue weighted by Crippen LogP contribution is -2.24. The van der Waals surface area contributed by atoms with Gasteiger partial charge in [-0.15, -0.1) is 0 Å². The van der Waals surface area contributed by atoms with E-state index in [0.29, 0.717) is 5.69 Å². The van der Waals surface area contributed by atoms with Crippen molar-refractivity contribution in [1.29, 1.82) is 0 Å². The molecule has 2 N–H and O–H groups in total. The zero-order valence-electron chi connectivity index (χ0n) is 17.6. The summed E-state index contributed by atoms with van der Waals surface area (Å²) in [4.78, 5) is 25.5. The van der Waals surface area contributed by atoms with Crippen LogP contribution < -0.4 is 10.3 Å². The van der Waals surface area contributed by atoms with E-state index >= 15 is 0 Å². The highest BCUT2D eigenvalue weighted by Crippen LogP contribution is 2.28. The Labute approximate surface area is 196 Å². The monoisotopic (exact) mass is 523 g/mol. The van der Waals surface area contributed by atoms with Crippen LogP contribution in [-0.2, 0) is 11.3 Å². The van der Waals surface area contributed by atoms with Gasteiger partial charge in [0.15, 0.2) is 0 Å². The number of carbonyl (C=O) groups is 1. The summed E-state index contributed by atoms with van der Waals surface area (Å²) in [6.45, 7) is 0.816. The van der Waals surface area contributed by atoms with E-state index in [1.54, 1.807) is 6.92 Å². The Kier molecular flexibility index (Phi) is 7.62. The zero-order chi connectivity index (χ0) is 24.3. The molecular formula is C23H20BrF2NO6. The lowest BCUT2D eigenvalue weighted by Gasteiger charge is -2.18. The fraction of sp³-hybridized carbons (Fsp3) is 0.217. The van der Waals surface area contributed by atoms with Gasteiger partial charge in [0.2, 0.25) is 0 Å². The van der Waals surface area contributed by atoms with Crippen molar-refractivity contribution in [3.8, 4) is 11.4 Å². The van der Waals surface area contributed by atoms with Crippen molar-refractivity contribution >= 4 is 21.9 Å². The van der Waals surface area contributed by atoms with E-state index in [0.717, 1.165) is 12.1 Å². The van der Waals surface area contributed by atoms with Crippen LogP contribution in [0.15, 0.2) is 51.7 Å². The number of nitrogens with zero attached hydrogens (tertiary/aromatic N) is 1. The standard InChI is InChI=1S/C23H20BrF2NO6/c1-12-7-20(33-11-14-3-5-15(25)9-17(14)26)21(24)22(30)27(12)18-6-4-13(19(29)10-28)8-16(18)23(31)32-2/h3-9,19,28-29H,10-11H2,1-2H3. The minimum absolute atomic E-state index is 0.00153. The molecule has 3 aromatic rings. The van der Waals surface area contributed by atoms with Crippen molar-refractivity contribution in [3.05, 3.63) is 91.3 Å². The van der Waals surface area contributed by atoms with E-state index in [9.17, 15) is 28.6 Å². The molecule has 3 rings (SSSR count). The second kappa shape index (κ2) is 10.2. The van der Waals surface area contributed by atoms with E-state index in [2.05, 4.69) is 15.9 Å². The summed E-state index contributed by atoms with van der Waals surface area (Å²) in [6, 6.07) is 8.88. The Bertz CT molecular complexity index is 1260. The van der Waals surface area contributed by atoms with Crippen molar-refractivity contribution in [3.63, 3.8) is 0 Å². The molecule has 0 aliphatic carbocycles. The van der Waals surface area contributed by atoms with E-state index in [1.807, 2.05) is 0 Å². The van der Waals surface area contributed by atoms with Gasteiger partial charge in [0.05, 0.1) is 25.0 Å². The number of rotatable bonds is 7. The van der Waals surface area contributed by atoms with Gasteiger partial charge in [-0.25, -0.2) is 13.6 Å². The first-order valence-corrected chi connectivity index (χ1v) is 10.5. The van der Waals surface area contributed by atoms with Crippen molar-refractivity contribution in [1.82, 2.24) is 4.57 Å². The van der Waals surface area contributed by atoms with Gasteiger partial charge < -0.3 is 19.7 Å². The number of hydrogen-bond acceptors (Lipinski definition) is 6. The second-order valence-corrected chi connectivity index (χ2v) is 7.89. The average Bonchev–Trinajstić information content (AvgIpc) is 2.80.